The van der Waals surface area contributed by atoms with Crippen molar-refractivity contribution in [2.75, 3.05) is 20.5 Å². The summed E-state index contributed by atoms with van der Waals surface area (Å²) in [6, 6.07) is 4.02. The number of ether oxygens (including phenoxy) is 2. The van der Waals surface area contributed by atoms with Gasteiger partial charge in [-0.2, -0.15) is 0 Å². The molecule has 0 aliphatic rings. The Morgan fingerprint density at radius 3 is 2.25 bits per heavy atom. The molecule has 0 aromatic heterocycles. The van der Waals surface area contributed by atoms with Gasteiger partial charge >= 0.3 is 5.97 Å². The largest absolute Gasteiger partial charge is 0.497 e. The minimum absolute atomic E-state index is 0.0206. The minimum atomic E-state index is -3.39. The molecule has 1 aromatic rings. The van der Waals surface area contributed by atoms with E-state index < -0.39 is 15.8 Å². The molecule has 0 aliphatic carbocycles. The third kappa shape index (κ3) is 2.73. The molecule has 0 bridgehead atoms. The Morgan fingerprint density at radius 1 is 1.19 bits per heavy atom. The smallest absolute Gasteiger partial charge is 0.338 e. The van der Waals surface area contributed by atoms with Crippen molar-refractivity contribution in [3.63, 3.8) is 0 Å². The van der Waals surface area contributed by atoms with Crippen LogP contribution in [0.1, 0.15) is 10.4 Å². The van der Waals surface area contributed by atoms with Crippen molar-refractivity contribution in [3.05, 3.63) is 23.8 Å². The maximum atomic E-state index is 11.4. The Balaban J connectivity index is 3.38. The lowest BCUT2D eigenvalue weighted by Gasteiger charge is -2.06. The van der Waals surface area contributed by atoms with E-state index in [-0.39, 0.29) is 10.5 Å². The van der Waals surface area contributed by atoms with Crippen molar-refractivity contribution in [2.24, 2.45) is 0 Å². The predicted octanol–water partition coefficient (Wildman–Crippen LogP) is 0.885. The Morgan fingerprint density at radius 2 is 1.81 bits per heavy atom. The van der Waals surface area contributed by atoms with Gasteiger partial charge in [-0.1, -0.05) is 0 Å². The first-order chi connectivity index (χ1) is 7.38. The molecule has 1 aromatic carbocycles. The van der Waals surface area contributed by atoms with E-state index in [2.05, 4.69) is 4.74 Å². The summed E-state index contributed by atoms with van der Waals surface area (Å²) in [5, 5.41) is 0. The maximum Gasteiger partial charge on any atom is 0.338 e. The van der Waals surface area contributed by atoms with E-state index in [1.807, 2.05) is 0 Å². The molecule has 0 saturated heterocycles. The summed E-state index contributed by atoms with van der Waals surface area (Å²) in [5.41, 5.74) is 0.141. The van der Waals surface area contributed by atoms with Gasteiger partial charge in [0.05, 0.1) is 24.7 Å². The third-order valence-corrected chi connectivity index (χ3v) is 3.06. The normalized spacial score (nSPS) is 10.9. The molecule has 0 spiro atoms. The molecule has 0 N–H and O–H groups in total. The fourth-order valence-electron chi connectivity index (χ4n) is 1.14. The fourth-order valence-corrected chi connectivity index (χ4v) is 1.81. The number of carbonyl (C=O) groups excluding carboxylic acids is 1. The van der Waals surface area contributed by atoms with E-state index in [1.165, 1.54) is 32.4 Å². The number of hydrogen-bond donors (Lipinski definition) is 0. The van der Waals surface area contributed by atoms with Gasteiger partial charge in [-0.15, -0.1) is 0 Å². The quantitative estimate of drug-likeness (QED) is 0.738. The molecule has 5 nitrogen and oxygen atoms in total. The molecule has 16 heavy (non-hydrogen) atoms. The molecule has 0 radical (unpaired) electrons. The number of rotatable bonds is 3. The lowest BCUT2D eigenvalue weighted by Crippen LogP contribution is -2.05. The van der Waals surface area contributed by atoms with Gasteiger partial charge in [0.1, 0.15) is 5.75 Å². The van der Waals surface area contributed by atoms with Crippen LogP contribution in [0.15, 0.2) is 23.1 Å². The Labute approximate surface area is 93.9 Å². The van der Waals surface area contributed by atoms with Gasteiger partial charge in [-0.25, -0.2) is 13.2 Å². The molecule has 1 rings (SSSR count). The minimum Gasteiger partial charge on any atom is -0.497 e. The molecule has 0 heterocycles. The number of sulfone groups is 1. The molecule has 6 heteroatoms. The second-order valence-electron chi connectivity index (χ2n) is 3.16. The van der Waals surface area contributed by atoms with Gasteiger partial charge in [0.15, 0.2) is 9.84 Å². The Hall–Kier alpha value is -1.56. The van der Waals surface area contributed by atoms with E-state index in [9.17, 15) is 13.2 Å². The van der Waals surface area contributed by atoms with Crippen LogP contribution in [-0.2, 0) is 14.6 Å². The van der Waals surface area contributed by atoms with Crippen LogP contribution in [0.25, 0.3) is 0 Å². The molecule has 0 fully saturated rings. The van der Waals surface area contributed by atoms with Crippen LogP contribution < -0.4 is 4.74 Å². The lowest BCUT2D eigenvalue weighted by molar-refractivity contribution is 0.0600. The number of carbonyl (C=O) groups is 1. The highest BCUT2D eigenvalue weighted by molar-refractivity contribution is 7.90. The molecule has 0 saturated carbocycles. The summed E-state index contributed by atoms with van der Waals surface area (Å²) < 4.78 is 32.1. The zero-order chi connectivity index (χ0) is 12.3. The van der Waals surface area contributed by atoms with Crippen molar-refractivity contribution in [3.8, 4) is 5.75 Å². The topological polar surface area (TPSA) is 69.7 Å². The molecule has 88 valence electrons. The molecular weight excluding hydrogens is 232 g/mol. The van der Waals surface area contributed by atoms with E-state index in [1.54, 1.807) is 0 Å². The van der Waals surface area contributed by atoms with Crippen LogP contribution in [0, 0.1) is 0 Å². The van der Waals surface area contributed by atoms with Gasteiger partial charge in [0, 0.05) is 6.26 Å². The van der Waals surface area contributed by atoms with Crippen LogP contribution in [0.2, 0.25) is 0 Å². The van der Waals surface area contributed by atoms with Crippen LogP contribution in [0.4, 0.5) is 0 Å². The van der Waals surface area contributed by atoms with Gasteiger partial charge < -0.3 is 9.47 Å². The summed E-state index contributed by atoms with van der Waals surface area (Å²) in [5.74, 6) is -0.313. The second-order valence-corrected chi connectivity index (χ2v) is 5.18. The average molecular weight is 244 g/mol. The summed E-state index contributed by atoms with van der Waals surface area (Å²) in [6.45, 7) is 0. The highest BCUT2D eigenvalue weighted by Gasteiger charge is 2.14. The van der Waals surface area contributed by atoms with Crippen LogP contribution in [0.3, 0.4) is 0 Å². The zero-order valence-electron chi connectivity index (χ0n) is 9.18. The first-order valence-corrected chi connectivity index (χ1v) is 6.25. The van der Waals surface area contributed by atoms with Crippen molar-refractivity contribution in [1.82, 2.24) is 0 Å². The van der Waals surface area contributed by atoms with Gasteiger partial charge in [-0.05, 0) is 18.2 Å². The van der Waals surface area contributed by atoms with E-state index in [0.29, 0.717) is 5.75 Å². The summed E-state index contributed by atoms with van der Waals surface area (Å²) >= 11 is 0. The Kier molecular flexibility index (Phi) is 3.54. The van der Waals surface area contributed by atoms with E-state index in [4.69, 9.17) is 4.74 Å². The Bertz CT molecular complexity index is 504. The zero-order valence-corrected chi connectivity index (χ0v) is 10.00. The first kappa shape index (κ1) is 12.5. The van der Waals surface area contributed by atoms with E-state index >= 15 is 0 Å². The lowest BCUT2D eigenvalue weighted by atomic mass is 10.2. The maximum absolute atomic E-state index is 11.4. The number of methoxy groups -OCH3 is 2. The van der Waals surface area contributed by atoms with E-state index in [0.717, 1.165) is 6.26 Å². The molecule has 0 amide bonds. The van der Waals surface area contributed by atoms with Crippen LogP contribution in [0.5, 0.6) is 5.75 Å². The molecule has 0 atom stereocenters. The summed E-state index contributed by atoms with van der Waals surface area (Å²) in [6.07, 6.45) is 1.06. The highest BCUT2D eigenvalue weighted by atomic mass is 32.2. The molecule has 0 unspecified atom stereocenters. The fraction of sp³-hybridized carbons (Fsp3) is 0.300. The van der Waals surface area contributed by atoms with Crippen molar-refractivity contribution in [1.29, 1.82) is 0 Å². The summed E-state index contributed by atoms with van der Waals surface area (Å²) in [4.78, 5) is 11.3. The first-order valence-electron chi connectivity index (χ1n) is 4.36. The third-order valence-electron chi connectivity index (χ3n) is 1.96. The van der Waals surface area contributed by atoms with Crippen molar-refractivity contribution >= 4 is 15.8 Å². The number of benzene rings is 1. The standard InChI is InChI=1S/C10H12O5S/c1-14-8-4-7(10(11)15-2)5-9(6-8)16(3,12)13/h4-6H,1-3H3. The number of hydrogen-bond acceptors (Lipinski definition) is 5. The molecular formula is C10H12O5S. The predicted molar refractivity (Wildman–Crippen MR) is 57.4 cm³/mol. The van der Waals surface area contributed by atoms with Crippen molar-refractivity contribution < 1.29 is 22.7 Å². The van der Waals surface area contributed by atoms with Gasteiger partial charge in [0.2, 0.25) is 0 Å². The molecule has 0 aliphatic heterocycles. The second kappa shape index (κ2) is 4.52. The summed E-state index contributed by atoms with van der Waals surface area (Å²) in [7, 11) is -0.772. The van der Waals surface area contributed by atoms with Crippen LogP contribution in [-0.4, -0.2) is 34.9 Å². The monoisotopic (exact) mass is 244 g/mol. The SMILES string of the molecule is COC(=O)c1cc(OC)cc(S(C)(=O)=O)c1. The highest BCUT2D eigenvalue weighted by Crippen LogP contribution is 2.21. The van der Waals surface area contributed by atoms with Crippen LogP contribution >= 0.6 is 0 Å². The van der Waals surface area contributed by atoms with Gasteiger partial charge in [-0.3, -0.25) is 0 Å². The average Bonchev–Trinajstić information content (AvgIpc) is 2.26. The van der Waals surface area contributed by atoms with Gasteiger partial charge in [0.25, 0.3) is 0 Å². The van der Waals surface area contributed by atoms with Crippen molar-refractivity contribution in [2.45, 2.75) is 4.90 Å². The number of esters is 1.